The van der Waals surface area contributed by atoms with Gasteiger partial charge in [0.15, 0.2) is 0 Å². The van der Waals surface area contributed by atoms with Crippen LogP contribution in [0.5, 0.6) is 5.75 Å². The predicted molar refractivity (Wildman–Crippen MR) is 44.0 cm³/mol. The summed E-state index contributed by atoms with van der Waals surface area (Å²) in [7, 11) is 1.26. The molecular formula is C8H7OP. The van der Waals surface area contributed by atoms with Gasteiger partial charge in [0.1, 0.15) is 12.1 Å². The molecule has 0 saturated carbocycles. The van der Waals surface area contributed by atoms with E-state index in [4.69, 9.17) is 4.74 Å². The molecule has 0 amide bonds. The molecule has 0 spiro atoms. The van der Waals surface area contributed by atoms with E-state index in [-0.39, 0.29) is 0 Å². The van der Waals surface area contributed by atoms with Gasteiger partial charge in [-0.2, -0.15) is 0 Å². The lowest BCUT2D eigenvalue weighted by Crippen LogP contribution is -1.98. The maximum Gasteiger partial charge on any atom is 0.129 e. The van der Waals surface area contributed by atoms with E-state index in [9.17, 15) is 0 Å². The lowest BCUT2D eigenvalue weighted by molar-refractivity contribution is 0.390. The summed E-state index contributed by atoms with van der Waals surface area (Å²) in [6.45, 7) is 0. The topological polar surface area (TPSA) is 9.23 Å². The second kappa shape index (κ2) is 2.43. The third-order valence-electron chi connectivity index (χ3n) is 1.44. The largest absolute Gasteiger partial charge is 0.484 e. The zero-order valence-corrected chi connectivity index (χ0v) is 6.34. The highest BCUT2D eigenvalue weighted by Gasteiger charge is 2.01. The van der Waals surface area contributed by atoms with E-state index in [2.05, 4.69) is 11.9 Å². The Bertz CT molecular complexity index is 268. The highest BCUT2D eigenvalue weighted by atomic mass is 31.1. The van der Waals surface area contributed by atoms with Crippen LogP contribution in [-0.2, 0) is 0 Å². The summed E-state index contributed by atoms with van der Waals surface area (Å²) in [6, 6.07) is 8.09. The molecule has 0 bridgehead atoms. The Morgan fingerprint density at radius 2 is 2.20 bits per heavy atom. The van der Waals surface area contributed by atoms with Gasteiger partial charge in [-0.3, -0.25) is 0 Å². The molecule has 0 fully saturated rings. The molecule has 0 unspecified atom stereocenters. The Kier molecular flexibility index (Phi) is 1.44. The van der Waals surface area contributed by atoms with Gasteiger partial charge in [0.25, 0.3) is 0 Å². The van der Waals surface area contributed by atoms with Gasteiger partial charge >= 0.3 is 0 Å². The van der Waals surface area contributed by atoms with Crippen LogP contribution in [0.25, 0.3) is 0 Å². The number of para-hydroxylation sites is 1. The summed E-state index contributed by atoms with van der Waals surface area (Å²) in [6.07, 6.45) is 0.803. The standard InChI is InChI=1S/C8H7OP/c1-2-4-8-7(3-1)5-10-6-9-8/h1-5H,6H2. The van der Waals surface area contributed by atoms with Crippen LogP contribution in [0.15, 0.2) is 24.3 Å². The molecular weight excluding hydrogens is 143 g/mol. The number of fused-ring (bicyclic) bond motifs is 1. The van der Waals surface area contributed by atoms with Crippen LogP contribution in [-0.4, -0.2) is 12.1 Å². The highest BCUT2D eigenvalue weighted by molar-refractivity contribution is 7.39. The molecule has 1 heterocycles. The molecule has 0 aromatic heterocycles. The van der Waals surface area contributed by atoms with Crippen molar-refractivity contribution in [3.8, 4) is 5.75 Å². The van der Waals surface area contributed by atoms with Gasteiger partial charge in [-0.1, -0.05) is 26.4 Å². The molecule has 1 aliphatic heterocycles. The smallest absolute Gasteiger partial charge is 0.129 e. The van der Waals surface area contributed by atoms with Crippen LogP contribution in [0.1, 0.15) is 5.56 Å². The van der Waals surface area contributed by atoms with Crippen molar-refractivity contribution in [3.05, 3.63) is 29.8 Å². The van der Waals surface area contributed by atoms with Crippen LogP contribution >= 0.6 is 8.20 Å². The maximum atomic E-state index is 5.38. The molecule has 0 radical (unpaired) electrons. The minimum Gasteiger partial charge on any atom is -0.484 e. The molecule has 1 aliphatic rings. The van der Waals surface area contributed by atoms with Crippen molar-refractivity contribution in [1.29, 1.82) is 0 Å². The van der Waals surface area contributed by atoms with E-state index in [0.717, 1.165) is 12.1 Å². The Morgan fingerprint density at radius 3 is 3.10 bits per heavy atom. The fourth-order valence-electron chi connectivity index (χ4n) is 0.961. The van der Waals surface area contributed by atoms with E-state index >= 15 is 0 Å². The summed E-state index contributed by atoms with van der Waals surface area (Å²) >= 11 is 0. The summed E-state index contributed by atoms with van der Waals surface area (Å²) < 4.78 is 5.38. The summed E-state index contributed by atoms with van der Waals surface area (Å²) in [5.74, 6) is 3.19. The van der Waals surface area contributed by atoms with E-state index < -0.39 is 0 Å². The van der Waals surface area contributed by atoms with Crippen molar-refractivity contribution >= 4 is 14.0 Å². The van der Waals surface area contributed by atoms with Crippen molar-refractivity contribution < 1.29 is 4.74 Å². The third-order valence-corrected chi connectivity index (χ3v) is 2.18. The minimum absolute atomic E-state index is 0.803. The molecule has 2 heteroatoms. The molecule has 2 rings (SSSR count). The molecule has 1 aromatic rings. The fraction of sp³-hybridized carbons (Fsp3) is 0.125. The molecule has 0 saturated heterocycles. The zero-order valence-electron chi connectivity index (χ0n) is 5.45. The lowest BCUT2D eigenvalue weighted by Gasteiger charge is -2.09. The minimum atomic E-state index is 0.803. The van der Waals surface area contributed by atoms with Crippen LogP contribution in [0.4, 0.5) is 0 Å². The number of hydrogen-bond donors (Lipinski definition) is 0. The zero-order chi connectivity index (χ0) is 6.81. The molecule has 1 nitrogen and oxygen atoms in total. The van der Waals surface area contributed by atoms with Crippen LogP contribution in [0.2, 0.25) is 0 Å². The van der Waals surface area contributed by atoms with Crippen LogP contribution in [0.3, 0.4) is 0 Å². The van der Waals surface area contributed by atoms with Gasteiger partial charge < -0.3 is 4.74 Å². The third kappa shape index (κ3) is 0.932. The molecule has 0 aliphatic carbocycles. The van der Waals surface area contributed by atoms with Crippen molar-refractivity contribution in [3.63, 3.8) is 0 Å². The van der Waals surface area contributed by atoms with Crippen molar-refractivity contribution in [2.24, 2.45) is 0 Å². The quantitative estimate of drug-likeness (QED) is 0.515. The van der Waals surface area contributed by atoms with Crippen molar-refractivity contribution in [2.45, 2.75) is 0 Å². The van der Waals surface area contributed by atoms with E-state index in [0.29, 0.717) is 0 Å². The highest BCUT2D eigenvalue weighted by Crippen LogP contribution is 2.22. The number of benzene rings is 1. The summed E-state index contributed by atoms with van der Waals surface area (Å²) in [5.41, 5.74) is 1.22. The Morgan fingerprint density at radius 1 is 1.30 bits per heavy atom. The number of ether oxygens (including phenoxy) is 1. The van der Waals surface area contributed by atoms with Gasteiger partial charge in [0.2, 0.25) is 0 Å². The maximum absolute atomic E-state index is 5.38. The molecule has 50 valence electrons. The average Bonchev–Trinajstić information content (AvgIpc) is 2.05. The van der Waals surface area contributed by atoms with Crippen molar-refractivity contribution in [1.82, 2.24) is 0 Å². The first-order valence-corrected chi connectivity index (χ1v) is 4.33. The Labute approximate surface area is 61.4 Å². The summed E-state index contributed by atoms with van der Waals surface area (Å²) in [4.78, 5) is 0. The summed E-state index contributed by atoms with van der Waals surface area (Å²) in [5, 5.41) is 0. The normalized spacial score (nSPS) is 15.6. The Balaban J connectivity index is 2.54. The van der Waals surface area contributed by atoms with Gasteiger partial charge in [-0.25, -0.2) is 0 Å². The second-order valence-electron chi connectivity index (χ2n) is 2.12. The molecule has 0 N–H and O–H groups in total. The SMILES string of the molecule is C1=PCOc2ccccc21. The molecule has 0 atom stereocenters. The van der Waals surface area contributed by atoms with E-state index in [1.54, 1.807) is 0 Å². The Hall–Kier alpha value is -0.810. The first-order valence-electron chi connectivity index (χ1n) is 3.18. The van der Waals surface area contributed by atoms with E-state index in [1.807, 2.05) is 18.2 Å². The van der Waals surface area contributed by atoms with Crippen molar-refractivity contribution in [2.75, 3.05) is 6.35 Å². The van der Waals surface area contributed by atoms with Crippen LogP contribution in [0, 0.1) is 0 Å². The first-order chi connectivity index (χ1) is 4.97. The van der Waals surface area contributed by atoms with Gasteiger partial charge in [-0.05, 0) is 11.9 Å². The predicted octanol–water partition coefficient (Wildman–Crippen LogP) is 2.13. The van der Waals surface area contributed by atoms with E-state index in [1.165, 1.54) is 13.8 Å². The van der Waals surface area contributed by atoms with Crippen LogP contribution < -0.4 is 4.74 Å². The van der Waals surface area contributed by atoms with Gasteiger partial charge in [0.05, 0.1) is 0 Å². The second-order valence-corrected chi connectivity index (χ2v) is 3.00. The fourth-order valence-corrected chi connectivity index (χ4v) is 1.66. The lowest BCUT2D eigenvalue weighted by atomic mass is 10.2. The molecule has 1 aromatic carbocycles. The number of hydrogen-bond acceptors (Lipinski definition) is 1. The monoisotopic (exact) mass is 150 g/mol. The number of rotatable bonds is 0. The average molecular weight is 150 g/mol. The molecule has 10 heavy (non-hydrogen) atoms. The van der Waals surface area contributed by atoms with Gasteiger partial charge in [-0.15, -0.1) is 0 Å². The van der Waals surface area contributed by atoms with Gasteiger partial charge in [0, 0.05) is 5.56 Å². The first kappa shape index (κ1) is 5.94.